The fraction of sp³-hybridized carbons (Fsp3) is 1.00. The molecule has 0 aromatic carbocycles. The smallest absolute Gasteiger partial charge is 0.0478 e. The second-order valence-corrected chi connectivity index (χ2v) is 3.46. The predicted molar refractivity (Wildman–Crippen MR) is 58.6 cm³/mol. The van der Waals surface area contributed by atoms with E-state index in [1.54, 1.807) is 0 Å². The van der Waals surface area contributed by atoms with Crippen molar-refractivity contribution in [3.63, 3.8) is 0 Å². The number of nitrogens with zero attached hydrogens (tertiary/aromatic N) is 1. The van der Waals surface area contributed by atoms with Gasteiger partial charge in [-0.1, -0.05) is 6.92 Å². The molecule has 0 rings (SSSR count). The summed E-state index contributed by atoms with van der Waals surface area (Å²) in [6, 6.07) is 0. The van der Waals surface area contributed by atoms with Crippen LogP contribution in [0.15, 0.2) is 0 Å². The average Bonchev–Trinajstić information content (AvgIpc) is 2.13. The van der Waals surface area contributed by atoms with Gasteiger partial charge in [-0.05, 0) is 26.3 Å². The van der Waals surface area contributed by atoms with Crippen LogP contribution in [0.5, 0.6) is 0 Å². The Kier molecular flexibility index (Phi) is 10.5. The summed E-state index contributed by atoms with van der Waals surface area (Å²) in [6.45, 7) is 9.19. The Morgan fingerprint density at radius 2 is 1.92 bits per heavy atom. The topological polar surface area (TPSA) is 12.5 Å². The van der Waals surface area contributed by atoms with Crippen molar-refractivity contribution >= 4 is 11.6 Å². The first-order valence-corrected chi connectivity index (χ1v) is 5.74. The van der Waals surface area contributed by atoms with Crippen molar-refractivity contribution in [3.8, 4) is 0 Å². The van der Waals surface area contributed by atoms with E-state index in [9.17, 15) is 0 Å². The van der Waals surface area contributed by atoms with Crippen molar-refractivity contribution in [2.45, 2.75) is 26.7 Å². The minimum absolute atomic E-state index is 0.731. The molecule has 2 nitrogen and oxygen atoms in total. The summed E-state index contributed by atoms with van der Waals surface area (Å²) >= 11 is 5.70. The fourth-order valence-corrected chi connectivity index (χ4v) is 1.54. The third-order valence-corrected chi connectivity index (χ3v) is 2.08. The molecule has 0 saturated heterocycles. The highest BCUT2D eigenvalue weighted by atomic mass is 35.5. The van der Waals surface area contributed by atoms with E-state index in [2.05, 4.69) is 11.8 Å². The van der Waals surface area contributed by atoms with Gasteiger partial charge in [-0.3, -0.25) is 0 Å². The molecule has 0 bridgehead atoms. The molecule has 0 aliphatic rings. The fourth-order valence-electron chi connectivity index (χ4n) is 1.31. The maximum Gasteiger partial charge on any atom is 0.0478 e. The minimum atomic E-state index is 0.731. The molecular formula is C10H22ClNO. The van der Waals surface area contributed by atoms with Gasteiger partial charge in [-0.2, -0.15) is 0 Å². The number of hydrogen-bond donors (Lipinski definition) is 0. The first-order chi connectivity index (χ1) is 6.35. The van der Waals surface area contributed by atoms with Gasteiger partial charge in [0.15, 0.2) is 0 Å². The molecule has 80 valence electrons. The quantitative estimate of drug-likeness (QED) is 0.425. The van der Waals surface area contributed by atoms with Gasteiger partial charge in [0.1, 0.15) is 0 Å². The number of rotatable bonds is 9. The lowest BCUT2D eigenvalue weighted by atomic mass is 10.3. The maximum atomic E-state index is 5.70. The van der Waals surface area contributed by atoms with Crippen molar-refractivity contribution in [3.05, 3.63) is 0 Å². The highest BCUT2D eigenvalue weighted by molar-refractivity contribution is 6.18. The zero-order valence-electron chi connectivity index (χ0n) is 8.89. The second kappa shape index (κ2) is 10.3. The molecule has 3 heteroatoms. The molecule has 0 N–H and O–H groups in total. The molecule has 13 heavy (non-hydrogen) atoms. The summed E-state index contributed by atoms with van der Waals surface area (Å²) < 4.78 is 5.28. The van der Waals surface area contributed by atoms with Crippen molar-refractivity contribution in [1.29, 1.82) is 0 Å². The molecule has 0 aliphatic carbocycles. The van der Waals surface area contributed by atoms with E-state index in [-0.39, 0.29) is 0 Å². The van der Waals surface area contributed by atoms with Gasteiger partial charge in [-0.25, -0.2) is 0 Å². The van der Waals surface area contributed by atoms with Crippen molar-refractivity contribution in [2.75, 3.05) is 38.7 Å². The van der Waals surface area contributed by atoms with E-state index in [1.165, 1.54) is 6.42 Å². The van der Waals surface area contributed by atoms with Crippen LogP contribution in [-0.2, 0) is 4.74 Å². The van der Waals surface area contributed by atoms with Gasteiger partial charge in [-0.15, -0.1) is 11.6 Å². The van der Waals surface area contributed by atoms with E-state index in [4.69, 9.17) is 16.3 Å². The summed E-state index contributed by atoms with van der Waals surface area (Å²) in [4.78, 5) is 2.39. The summed E-state index contributed by atoms with van der Waals surface area (Å²) in [5, 5.41) is 0. The highest BCUT2D eigenvalue weighted by Gasteiger charge is 2.01. The molecule has 0 saturated carbocycles. The van der Waals surface area contributed by atoms with Crippen LogP contribution in [0.2, 0.25) is 0 Å². The standard InChI is InChI=1S/C10H22ClNO/c1-3-7-12(9-6-11)8-5-10-13-4-2/h3-10H2,1-2H3. The Morgan fingerprint density at radius 1 is 1.15 bits per heavy atom. The Morgan fingerprint density at radius 3 is 2.46 bits per heavy atom. The average molecular weight is 208 g/mol. The summed E-state index contributed by atoms with van der Waals surface area (Å²) in [7, 11) is 0. The number of hydrogen-bond acceptors (Lipinski definition) is 2. The summed E-state index contributed by atoms with van der Waals surface area (Å²) in [5.41, 5.74) is 0. The van der Waals surface area contributed by atoms with Crippen molar-refractivity contribution < 1.29 is 4.74 Å². The van der Waals surface area contributed by atoms with Crippen LogP contribution in [-0.4, -0.2) is 43.6 Å². The minimum Gasteiger partial charge on any atom is -0.382 e. The van der Waals surface area contributed by atoms with Crippen LogP contribution >= 0.6 is 11.6 Å². The number of alkyl halides is 1. The van der Waals surface area contributed by atoms with Crippen LogP contribution in [0.1, 0.15) is 26.7 Å². The monoisotopic (exact) mass is 207 g/mol. The molecule has 0 aromatic heterocycles. The molecule has 0 aliphatic heterocycles. The normalized spacial score (nSPS) is 11.1. The molecule has 0 atom stereocenters. The maximum absolute atomic E-state index is 5.70. The number of ether oxygens (including phenoxy) is 1. The Hall–Kier alpha value is 0.210. The highest BCUT2D eigenvalue weighted by Crippen LogP contribution is 1.95. The molecular weight excluding hydrogens is 186 g/mol. The molecule has 0 spiro atoms. The van der Waals surface area contributed by atoms with Crippen LogP contribution in [0.25, 0.3) is 0 Å². The van der Waals surface area contributed by atoms with Gasteiger partial charge >= 0.3 is 0 Å². The summed E-state index contributed by atoms with van der Waals surface area (Å²) in [6.07, 6.45) is 2.32. The largest absolute Gasteiger partial charge is 0.382 e. The zero-order valence-corrected chi connectivity index (χ0v) is 9.65. The van der Waals surface area contributed by atoms with E-state index in [0.717, 1.165) is 45.1 Å². The molecule has 0 heterocycles. The zero-order chi connectivity index (χ0) is 9.94. The van der Waals surface area contributed by atoms with E-state index in [1.807, 2.05) is 6.92 Å². The molecule has 0 amide bonds. The first-order valence-electron chi connectivity index (χ1n) is 5.21. The second-order valence-electron chi connectivity index (χ2n) is 3.08. The molecule has 0 aromatic rings. The van der Waals surface area contributed by atoms with Crippen molar-refractivity contribution in [2.24, 2.45) is 0 Å². The van der Waals surface area contributed by atoms with Crippen LogP contribution in [0, 0.1) is 0 Å². The lowest BCUT2D eigenvalue weighted by Gasteiger charge is -2.19. The number of halogens is 1. The Labute approximate surface area is 87.2 Å². The van der Waals surface area contributed by atoms with Crippen LogP contribution in [0.3, 0.4) is 0 Å². The summed E-state index contributed by atoms with van der Waals surface area (Å²) in [5.74, 6) is 0.731. The van der Waals surface area contributed by atoms with Crippen LogP contribution in [0.4, 0.5) is 0 Å². The van der Waals surface area contributed by atoms with E-state index < -0.39 is 0 Å². The first kappa shape index (κ1) is 13.2. The Balaban J connectivity index is 3.33. The van der Waals surface area contributed by atoms with Crippen molar-refractivity contribution in [1.82, 2.24) is 4.90 Å². The van der Waals surface area contributed by atoms with Gasteiger partial charge in [0, 0.05) is 32.2 Å². The van der Waals surface area contributed by atoms with E-state index >= 15 is 0 Å². The van der Waals surface area contributed by atoms with E-state index in [0.29, 0.717) is 0 Å². The molecule has 0 radical (unpaired) electrons. The Bertz CT molecular complexity index is 94.9. The SMILES string of the molecule is CCCN(CCCl)CCCOCC. The van der Waals surface area contributed by atoms with Crippen LogP contribution < -0.4 is 0 Å². The molecule has 0 fully saturated rings. The van der Waals surface area contributed by atoms with Gasteiger partial charge in [0.05, 0.1) is 0 Å². The molecule has 0 unspecified atom stereocenters. The third-order valence-electron chi connectivity index (χ3n) is 1.91. The van der Waals surface area contributed by atoms with Gasteiger partial charge in [0.2, 0.25) is 0 Å². The predicted octanol–water partition coefficient (Wildman–Crippen LogP) is 2.36. The van der Waals surface area contributed by atoms with Gasteiger partial charge < -0.3 is 9.64 Å². The van der Waals surface area contributed by atoms with Gasteiger partial charge in [0.25, 0.3) is 0 Å². The third kappa shape index (κ3) is 8.54. The lowest BCUT2D eigenvalue weighted by Crippen LogP contribution is -2.28. The lowest BCUT2D eigenvalue weighted by molar-refractivity contribution is 0.133.